The second-order valence-corrected chi connectivity index (χ2v) is 14.4. The number of nitrogens with zero attached hydrogens (tertiary/aromatic N) is 3. The molecule has 0 bridgehead atoms. The number of methoxy groups -OCH3 is 1. The highest BCUT2D eigenvalue weighted by molar-refractivity contribution is 7.56. The first-order valence-electron chi connectivity index (χ1n) is 14.1. The first-order valence-corrected chi connectivity index (χ1v) is 16.4. The molecule has 5 rings (SSSR count). The molecule has 1 aliphatic heterocycles. The minimum Gasteiger partial charge on any atom is -0.495 e. The van der Waals surface area contributed by atoms with Gasteiger partial charge in [-0.2, -0.15) is 18.2 Å². The lowest BCUT2D eigenvalue weighted by atomic mass is 9.75. The average Bonchev–Trinajstić information content (AvgIpc) is 3.23. The number of hydrogen-bond acceptors (Lipinski definition) is 8. The Morgan fingerprint density at radius 3 is 2.48 bits per heavy atom. The molecule has 0 saturated heterocycles. The van der Waals surface area contributed by atoms with Crippen molar-refractivity contribution in [2.24, 2.45) is 0 Å². The zero-order valence-corrected chi connectivity index (χ0v) is 25.7. The molecule has 1 fully saturated rings. The van der Waals surface area contributed by atoms with E-state index in [1.807, 2.05) is 13.0 Å². The van der Waals surface area contributed by atoms with Gasteiger partial charge < -0.3 is 30.3 Å². The van der Waals surface area contributed by atoms with Gasteiger partial charge in [-0.05, 0) is 73.4 Å². The van der Waals surface area contributed by atoms with E-state index in [0.29, 0.717) is 42.4 Å². The van der Waals surface area contributed by atoms with Gasteiger partial charge in [0.2, 0.25) is 13.3 Å². The molecule has 1 aliphatic carbocycles. The quantitative estimate of drug-likeness (QED) is 0.208. The molecule has 2 aromatic carbocycles. The molecule has 14 heteroatoms. The van der Waals surface area contributed by atoms with Gasteiger partial charge in [0.25, 0.3) is 5.91 Å². The Balaban J connectivity index is 1.49. The number of anilines is 4. The van der Waals surface area contributed by atoms with E-state index in [1.165, 1.54) is 18.7 Å². The highest BCUT2D eigenvalue weighted by Gasteiger charge is 2.38. The fraction of sp³-hybridized carbons (Fsp3) is 0.433. The van der Waals surface area contributed by atoms with E-state index >= 15 is 0 Å². The minimum atomic E-state index is -4.79. The van der Waals surface area contributed by atoms with Gasteiger partial charge in [-0.25, -0.2) is 4.98 Å². The van der Waals surface area contributed by atoms with Crippen LogP contribution in [-0.2, 0) is 23.4 Å². The molecule has 4 N–H and O–H groups in total. The maximum absolute atomic E-state index is 14.1. The number of halogens is 3. The van der Waals surface area contributed by atoms with Gasteiger partial charge in [0, 0.05) is 32.6 Å². The Bertz CT molecular complexity index is 1630. The molecular weight excluding hydrogens is 598 g/mol. The van der Waals surface area contributed by atoms with Crippen LogP contribution >= 0.6 is 7.37 Å². The van der Waals surface area contributed by atoms with Crippen LogP contribution in [0.5, 0.6) is 5.75 Å². The van der Waals surface area contributed by atoms with Crippen LogP contribution in [0, 0.1) is 0 Å². The molecule has 1 amide bonds. The van der Waals surface area contributed by atoms with Gasteiger partial charge >= 0.3 is 6.18 Å². The summed E-state index contributed by atoms with van der Waals surface area (Å²) in [4.78, 5) is 32.5. The zero-order chi connectivity index (χ0) is 32.0. The lowest BCUT2D eigenvalue weighted by Gasteiger charge is -2.34. The Morgan fingerprint density at radius 2 is 1.84 bits per heavy atom. The third-order valence-electron chi connectivity index (χ3n) is 8.14. The Labute approximate surface area is 253 Å². The van der Waals surface area contributed by atoms with Crippen LogP contribution in [0.4, 0.5) is 36.3 Å². The van der Waals surface area contributed by atoms with Crippen molar-refractivity contribution >= 4 is 36.4 Å². The molecular formula is C30H35F3N5O5P. The number of amides is 1. The molecule has 236 valence electrons. The van der Waals surface area contributed by atoms with Crippen molar-refractivity contribution in [2.75, 3.05) is 31.5 Å². The van der Waals surface area contributed by atoms with E-state index in [9.17, 15) is 32.5 Å². The molecule has 0 radical (unpaired) electrons. The third kappa shape index (κ3) is 6.85. The number of aromatic nitrogens is 2. The first-order chi connectivity index (χ1) is 20.5. The second kappa shape index (κ2) is 11.7. The average molecular weight is 634 g/mol. The van der Waals surface area contributed by atoms with Gasteiger partial charge in [-0.3, -0.25) is 9.36 Å². The van der Waals surface area contributed by atoms with Gasteiger partial charge in [-0.15, -0.1) is 0 Å². The standard InChI is InChI=1S/C30H35F3N5O5P/c1-29(40)11-9-18(10-12-29)19-6-8-23(25-20(19)15-38(2)27(25)39)35-26-21(30(31,32)33)14-34-28(37-26)36-22-7-5-17(13-24(22)43-3)16-44(4,41)42/h5-8,13-14,18,40H,9-12,15-16H2,1-4H3,(H,41,42)(H2,34,35,36,37)/t18-,29-. The van der Waals surface area contributed by atoms with E-state index in [0.717, 1.165) is 24.0 Å². The fourth-order valence-corrected chi connectivity index (χ4v) is 6.76. The van der Waals surface area contributed by atoms with E-state index in [1.54, 1.807) is 31.3 Å². The maximum atomic E-state index is 14.1. The van der Waals surface area contributed by atoms with E-state index in [4.69, 9.17) is 4.74 Å². The van der Waals surface area contributed by atoms with Crippen molar-refractivity contribution in [3.8, 4) is 5.75 Å². The summed E-state index contributed by atoms with van der Waals surface area (Å²) >= 11 is 0. The van der Waals surface area contributed by atoms with Crippen LogP contribution in [0.15, 0.2) is 36.5 Å². The Hall–Kier alpha value is -3.67. The predicted molar refractivity (Wildman–Crippen MR) is 160 cm³/mol. The van der Waals surface area contributed by atoms with Crippen LogP contribution in [0.2, 0.25) is 0 Å². The summed E-state index contributed by atoms with van der Waals surface area (Å²) in [6.45, 7) is 3.38. The van der Waals surface area contributed by atoms with Crippen molar-refractivity contribution in [3.63, 3.8) is 0 Å². The van der Waals surface area contributed by atoms with Crippen molar-refractivity contribution < 1.29 is 37.3 Å². The van der Waals surface area contributed by atoms with Crippen molar-refractivity contribution in [1.82, 2.24) is 14.9 Å². The molecule has 1 atom stereocenters. The molecule has 2 heterocycles. The third-order valence-corrected chi connectivity index (χ3v) is 9.10. The topological polar surface area (TPSA) is 137 Å². The van der Waals surface area contributed by atoms with Crippen molar-refractivity contribution in [1.29, 1.82) is 0 Å². The molecule has 1 saturated carbocycles. The van der Waals surface area contributed by atoms with E-state index < -0.39 is 30.5 Å². The summed E-state index contributed by atoms with van der Waals surface area (Å²) < 4.78 is 59.5. The number of ether oxygens (including phenoxy) is 1. The number of rotatable bonds is 8. The summed E-state index contributed by atoms with van der Waals surface area (Å²) in [5.74, 6) is -0.608. The smallest absolute Gasteiger partial charge is 0.421 e. The molecule has 0 spiro atoms. The molecule has 3 aromatic rings. The summed E-state index contributed by atoms with van der Waals surface area (Å²) in [7, 11) is -0.306. The maximum Gasteiger partial charge on any atom is 0.421 e. The summed E-state index contributed by atoms with van der Waals surface area (Å²) in [5, 5.41) is 16.0. The Morgan fingerprint density at radius 1 is 1.16 bits per heavy atom. The zero-order valence-electron chi connectivity index (χ0n) is 24.8. The highest BCUT2D eigenvalue weighted by atomic mass is 31.2. The van der Waals surface area contributed by atoms with Crippen LogP contribution < -0.4 is 15.4 Å². The minimum absolute atomic E-state index is 0.0763. The number of fused-ring (bicyclic) bond motifs is 1. The lowest BCUT2D eigenvalue weighted by molar-refractivity contribution is -0.137. The number of aliphatic hydroxyl groups is 1. The van der Waals surface area contributed by atoms with Crippen LogP contribution in [-0.4, -0.2) is 57.2 Å². The number of benzene rings is 2. The SMILES string of the molecule is COc1cc(CP(C)(=O)O)ccc1Nc1ncc(C(F)(F)F)c(Nc2ccc([C@H]3CC[C@](C)(O)CC3)c3c2C(=O)N(C)C3)n1. The van der Waals surface area contributed by atoms with Gasteiger partial charge in [0.15, 0.2) is 0 Å². The molecule has 10 nitrogen and oxygen atoms in total. The van der Waals surface area contributed by atoms with Crippen molar-refractivity contribution in [3.05, 3.63) is 64.3 Å². The molecule has 44 heavy (non-hydrogen) atoms. The van der Waals surface area contributed by atoms with Crippen LogP contribution in [0.3, 0.4) is 0 Å². The Kier molecular flexibility index (Phi) is 8.43. The van der Waals surface area contributed by atoms with E-state index in [-0.39, 0.29) is 35.4 Å². The van der Waals surface area contributed by atoms with Gasteiger partial charge in [0.1, 0.15) is 17.1 Å². The van der Waals surface area contributed by atoms with Crippen molar-refractivity contribution in [2.45, 2.75) is 63.0 Å². The monoisotopic (exact) mass is 633 g/mol. The number of hydrogen-bond donors (Lipinski definition) is 4. The van der Waals surface area contributed by atoms with Gasteiger partial charge in [0.05, 0.1) is 29.6 Å². The number of alkyl halides is 3. The van der Waals surface area contributed by atoms with Gasteiger partial charge in [-0.1, -0.05) is 12.1 Å². The number of carbonyl (C=O) groups is 1. The molecule has 1 unspecified atom stereocenters. The molecule has 2 aliphatic rings. The highest BCUT2D eigenvalue weighted by Crippen LogP contribution is 2.44. The largest absolute Gasteiger partial charge is 0.495 e. The summed E-state index contributed by atoms with van der Waals surface area (Å²) in [6, 6.07) is 8.17. The van der Waals surface area contributed by atoms with Crippen LogP contribution in [0.1, 0.15) is 71.1 Å². The number of nitrogens with one attached hydrogen (secondary N) is 2. The summed E-state index contributed by atoms with van der Waals surface area (Å²) in [5.41, 5.74) is 1.27. The van der Waals surface area contributed by atoms with E-state index in [2.05, 4.69) is 20.6 Å². The van der Waals surface area contributed by atoms with Crippen LogP contribution in [0.25, 0.3) is 0 Å². The second-order valence-electron chi connectivity index (χ2n) is 11.9. The first kappa shape index (κ1) is 31.7. The molecule has 1 aromatic heterocycles. The summed E-state index contributed by atoms with van der Waals surface area (Å²) in [6.07, 6.45) is -1.48. The fourth-order valence-electron chi connectivity index (χ4n) is 5.88. The number of carbonyl (C=O) groups excluding carboxylic acids is 1. The predicted octanol–water partition coefficient (Wildman–Crippen LogP) is 6.39. The lowest BCUT2D eigenvalue weighted by Crippen LogP contribution is -2.29. The normalized spacial score (nSPS) is 21.5.